The minimum Gasteiger partial charge on any atom is -0.304 e. The molecular formula is C21H18Cl2N2O. The predicted molar refractivity (Wildman–Crippen MR) is 107 cm³/mol. The lowest BCUT2D eigenvalue weighted by Gasteiger charge is -2.25. The maximum absolute atomic E-state index is 13.3. The fourth-order valence-electron chi connectivity index (χ4n) is 2.79. The van der Waals surface area contributed by atoms with Crippen LogP contribution in [0.2, 0.25) is 10.0 Å². The summed E-state index contributed by atoms with van der Waals surface area (Å²) in [6, 6.07) is 14.9. The van der Waals surface area contributed by atoms with E-state index in [1.54, 1.807) is 41.6 Å². The number of halogens is 2. The van der Waals surface area contributed by atoms with Crippen molar-refractivity contribution in [3.8, 4) is 0 Å². The Morgan fingerprint density at radius 3 is 2.35 bits per heavy atom. The normalized spacial score (nSPS) is 10.6. The summed E-state index contributed by atoms with van der Waals surface area (Å²) in [5.74, 6) is -0.119. The van der Waals surface area contributed by atoms with E-state index in [0.29, 0.717) is 27.8 Å². The lowest BCUT2D eigenvalue weighted by Crippen LogP contribution is -2.31. The van der Waals surface area contributed by atoms with Crippen LogP contribution in [-0.2, 0) is 6.54 Å². The number of nitrogens with zero attached hydrogens (tertiary/aromatic N) is 2. The number of aromatic nitrogens is 1. The largest absolute Gasteiger partial charge is 0.304 e. The molecule has 0 bridgehead atoms. The zero-order valence-electron chi connectivity index (χ0n) is 14.5. The second-order valence-electron chi connectivity index (χ2n) is 6.14. The van der Waals surface area contributed by atoms with Crippen molar-refractivity contribution in [2.24, 2.45) is 0 Å². The number of hydrogen-bond acceptors (Lipinski definition) is 2. The molecule has 0 atom stereocenters. The van der Waals surface area contributed by atoms with Gasteiger partial charge in [-0.2, -0.15) is 0 Å². The first-order valence-corrected chi connectivity index (χ1v) is 8.94. The summed E-state index contributed by atoms with van der Waals surface area (Å²) < 4.78 is 0. The molecule has 5 heteroatoms. The van der Waals surface area contributed by atoms with Crippen molar-refractivity contribution in [1.82, 2.24) is 4.98 Å². The van der Waals surface area contributed by atoms with Crippen LogP contribution >= 0.6 is 23.2 Å². The van der Waals surface area contributed by atoms with Crippen molar-refractivity contribution < 1.29 is 4.79 Å². The van der Waals surface area contributed by atoms with E-state index in [2.05, 4.69) is 4.98 Å². The van der Waals surface area contributed by atoms with E-state index in [-0.39, 0.29) is 5.91 Å². The lowest BCUT2D eigenvalue weighted by molar-refractivity contribution is 0.0984. The van der Waals surface area contributed by atoms with Gasteiger partial charge < -0.3 is 4.90 Å². The maximum atomic E-state index is 13.3. The van der Waals surface area contributed by atoms with E-state index in [1.165, 1.54) is 0 Å². The summed E-state index contributed by atoms with van der Waals surface area (Å²) in [5, 5.41) is 0.975. The van der Waals surface area contributed by atoms with Gasteiger partial charge in [0, 0.05) is 33.7 Å². The molecule has 0 radical (unpaired) electrons. The van der Waals surface area contributed by atoms with Crippen LogP contribution in [0.25, 0.3) is 0 Å². The van der Waals surface area contributed by atoms with Crippen LogP contribution in [0.4, 0.5) is 5.69 Å². The number of carbonyl (C=O) groups excluding carboxylic acids is 1. The molecule has 0 saturated carbocycles. The molecule has 132 valence electrons. The molecule has 3 rings (SSSR count). The number of amides is 1. The van der Waals surface area contributed by atoms with Crippen LogP contribution in [0, 0.1) is 13.8 Å². The Hall–Kier alpha value is -2.36. The fourth-order valence-corrected chi connectivity index (χ4v) is 3.31. The van der Waals surface area contributed by atoms with Gasteiger partial charge in [0.1, 0.15) is 0 Å². The maximum Gasteiger partial charge on any atom is 0.258 e. The molecule has 0 saturated heterocycles. The van der Waals surface area contributed by atoms with Gasteiger partial charge in [0.25, 0.3) is 5.91 Å². The number of pyridine rings is 1. The molecule has 0 aliphatic heterocycles. The van der Waals surface area contributed by atoms with Gasteiger partial charge in [0.2, 0.25) is 0 Å². The Morgan fingerprint density at radius 2 is 1.69 bits per heavy atom. The van der Waals surface area contributed by atoms with Crippen LogP contribution in [0.5, 0.6) is 0 Å². The van der Waals surface area contributed by atoms with Crippen molar-refractivity contribution in [3.05, 3.63) is 93.2 Å². The van der Waals surface area contributed by atoms with Gasteiger partial charge >= 0.3 is 0 Å². The molecule has 0 aliphatic carbocycles. The van der Waals surface area contributed by atoms with E-state index in [0.717, 1.165) is 16.7 Å². The summed E-state index contributed by atoms with van der Waals surface area (Å²) in [4.78, 5) is 19.1. The van der Waals surface area contributed by atoms with Crippen LogP contribution in [-0.4, -0.2) is 10.9 Å². The van der Waals surface area contributed by atoms with Crippen molar-refractivity contribution in [3.63, 3.8) is 0 Å². The van der Waals surface area contributed by atoms with E-state index < -0.39 is 0 Å². The molecule has 0 N–H and O–H groups in total. The molecule has 1 heterocycles. The standard InChI is InChI=1S/C21H18Cl2N2O/c1-14-5-3-4-6-16(14)13-25(19-10-17(22)9-18(23)11-19)21(26)20-7-8-24-12-15(20)2/h3-12H,13H2,1-2H3. The molecule has 0 aliphatic rings. The van der Waals surface area contributed by atoms with Gasteiger partial charge in [-0.3, -0.25) is 9.78 Å². The highest BCUT2D eigenvalue weighted by molar-refractivity contribution is 6.35. The third kappa shape index (κ3) is 4.06. The van der Waals surface area contributed by atoms with Crippen molar-refractivity contribution in [2.45, 2.75) is 20.4 Å². The van der Waals surface area contributed by atoms with Crippen LogP contribution in [0.1, 0.15) is 27.0 Å². The summed E-state index contributed by atoms with van der Waals surface area (Å²) in [6.45, 7) is 4.32. The zero-order valence-corrected chi connectivity index (χ0v) is 16.1. The molecule has 1 amide bonds. The molecule has 26 heavy (non-hydrogen) atoms. The quantitative estimate of drug-likeness (QED) is 0.564. The second kappa shape index (κ2) is 7.90. The van der Waals surface area contributed by atoms with E-state index in [4.69, 9.17) is 23.2 Å². The van der Waals surface area contributed by atoms with Gasteiger partial charge in [-0.15, -0.1) is 0 Å². The highest BCUT2D eigenvalue weighted by atomic mass is 35.5. The molecule has 1 aromatic heterocycles. The van der Waals surface area contributed by atoms with Crippen molar-refractivity contribution in [2.75, 3.05) is 4.90 Å². The summed E-state index contributed by atoms with van der Waals surface area (Å²) in [7, 11) is 0. The molecule has 0 fully saturated rings. The first kappa shape index (κ1) is 18.4. The lowest BCUT2D eigenvalue weighted by atomic mass is 10.1. The minimum absolute atomic E-state index is 0.119. The van der Waals surface area contributed by atoms with E-state index in [1.807, 2.05) is 38.1 Å². The van der Waals surface area contributed by atoms with E-state index in [9.17, 15) is 4.79 Å². The van der Waals surface area contributed by atoms with Crippen molar-refractivity contribution in [1.29, 1.82) is 0 Å². The smallest absolute Gasteiger partial charge is 0.258 e. The minimum atomic E-state index is -0.119. The topological polar surface area (TPSA) is 33.2 Å². The Morgan fingerprint density at radius 1 is 1.00 bits per heavy atom. The molecule has 0 unspecified atom stereocenters. The van der Waals surface area contributed by atoms with Gasteiger partial charge in [-0.1, -0.05) is 47.5 Å². The van der Waals surface area contributed by atoms with Gasteiger partial charge in [-0.05, 0) is 54.8 Å². The summed E-state index contributed by atoms with van der Waals surface area (Å²) in [5.41, 5.74) is 4.26. The van der Waals surface area contributed by atoms with Gasteiger partial charge in [-0.25, -0.2) is 0 Å². The first-order valence-electron chi connectivity index (χ1n) is 8.19. The van der Waals surface area contributed by atoms with E-state index >= 15 is 0 Å². The predicted octanol–water partition coefficient (Wildman–Crippen LogP) is 5.85. The van der Waals surface area contributed by atoms with Crippen LogP contribution < -0.4 is 4.90 Å². The third-order valence-electron chi connectivity index (χ3n) is 4.24. The molecular weight excluding hydrogens is 367 g/mol. The van der Waals surface area contributed by atoms with Crippen LogP contribution in [0.15, 0.2) is 60.9 Å². The number of aryl methyl sites for hydroxylation is 2. The molecule has 3 nitrogen and oxygen atoms in total. The second-order valence-corrected chi connectivity index (χ2v) is 7.01. The number of hydrogen-bond donors (Lipinski definition) is 0. The molecule has 3 aromatic rings. The fraction of sp³-hybridized carbons (Fsp3) is 0.143. The zero-order chi connectivity index (χ0) is 18.7. The van der Waals surface area contributed by atoms with Gasteiger partial charge in [0.15, 0.2) is 0 Å². The number of carbonyl (C=O) groups is 1. The SMILES string of the molecule is Cc1ccccc1CN(C(=O)c1ccncc1C)c1cc(Cl)cc(Cl)c1. The first-order chi connectivity index (χ1) is 12.5. The van der Waals surface area contributed by atoms with Crippen molar-refractivity contribution >= 4 is 34.8 Å². The third-order valence-corrected chi connectivity index (χ3v) is 4.68. The average Bonchev–Trinajstić information content (AvgIpc) is 2.60. The summed E-state index contributed by atoms with van der Waals surface area (Å²) >= 11 is 12.4. The molecule has 0 spiro atoms. The monoisotopic (exact) mass is 384 g/mol. The summed E-state index contributed by atoms with van der Waals surface area (Å²) in [6.07, 6.45) is 3.31. The highest BCUT2D eigenvalue weighted by Crippen LogP contribution is 2.28. The Balaban J connectivity index is 2.08. The Kier molecular flexibility index (Phi) is 5.60. The number of anilines is 1. The molecule has 2 aromatic carbocycles. The number of rotatable bonds is 4. The number of benzene rings is 2. The van der Waals surface area contributed by atoms with Crippen LogP contribution in [0.3, 0.4) is 0 Å². The Labute approximate surface area is 163 Å². The highest BCUT2D eigenvalue weighted by Gasteiger charge is 2.21. The average molecular weight is 385 g/mol. The Bertz CT molecular complexity index is 936. The van der Waals surface area contributed by atoms with Gasteiger partial charge in [0.05, 0.1) is 6.54 Å².